The molecule has 41 heavy (non-hydrogen) atoms. The maximum Gasteiger partial charge on any atom is 0.295 e. The van der Waals surface area contributed by atoms with Gasteiger partial charge in [0.2, 0.25) is 0 Å². The lowest BCUT2D eigenvalue weighted by Gasteiger charge is -2.28. The zero-order valence-electron chi connectivity index (χ0n) is 23.2. The van der Waals surface area contributed by atoms with Crippen molar-refractivity contribution in [3.05, 3.63) is 94.6 Å². The van der Waals surface area contributed by atoms with E-state index in [0.717, 1.165) is 29.7 Å². The highest BCUT2D eigenvalue weighted by molar-refractivity contribution is 6.46. The molecule has 0 saturated carbocycles. The predicted molar refractivity (Wildman–Crippen MR) is 152 cm³/mol. The third-order valence-corrected chi connectivity index (χ3v) is 7.87. The molecular formula is C33H33NO7. The second kappa shape index (κ2) is 11.3. The maximum absolute atomic E-state index is 13.5. The summed E-state index contributed by atoms with van der Waals surface area (Å²) in [5.41, 5.74) is 3.10. The number of Topliss-reactive ketones (excluding diaryl/α,β-unsaturated/α-hetero) is 1. The Balaban J connectivity index is 1.39. The van der Waals surface area contributed by atoms with Gasteiger partial charge in [0.25, 0.3) is 11.7 Å². The van der Waals surface area contributed by atoms with E-state index in [0.29, 0.717) is 42.3 Å². The summed E-state index contributed by atoms with van der Waals surface area (Å²) in [6, 6.07) is 19.7. The summed E-state index contributed by atoms with van der Waals surface area (Å²) in [6.45, 7) is 3.21. The van der Waals surface area contributed by atoms with Crippen LogP contribution in [0.5, 0.6) is 17.2 Å². The maximum atomic E-state index is 13.5. The van der Waals surface area contributed by atoms with Gasteiger partial charge in [-0.05, 0) is 66.8 Å². The topological polar surface area (TPSA) is 94.5 Å². The van der Waals surface area contributed by atoms with E-state index in [1.54, 1.807) is 31.4 Å². The smallest absolute Gasteiger partial charge is 0.295 e. The van der Waals surface area contributed by atoms with Crippen LogP contribution in [0.25, 0.3) is 5.76 Å². The number of likely N-dealkylation sites (tertiary alicyclic amines) is 1. The number of aliphatic hydroxyl groups is 1. The van der Waals surface area contributed by atoms with E-state index in [1.807, 2.05) is 49.4 Å². The molecule has 0 unspecified atom stereocenters. The molecule has 3 aliphatic heterocycles. The van der Waals surface area contributed by atoms with Crippen molar-refractivity contribution >= 4 is 17.4 Å². The van der Waals surface area contributed by atoms with Crippen LogP contribution in [0.1, 0.15) is 48.1 Å². The minimum absolute atomic E-state index is 0.0366. The molecule has 3 heterocycles. The number of rotatable bonds is 8. The third kappa shape index (κ3) is 5.27. The van der Waals surface area contributed by atoms with Crippen molar-refractivity contribution in [2.45, 2.75) is 51.0 Å². The van der Waals surface area contributed by atoms with Gasteiger partial charge in [0.05, 0.1) is 24.8 Å². The Kier molecular flexibility index (Phi) is 7.41. The van der Waals surface area contributed by atoms with Gasteiger partial charge in [-0.25, -0.2) is 0 Å². The average molecular weight is 556 g/mol. The largest absolute Gasteiger partial charge is 0.507 e. The van der Waals surface area contributed by atoms with Crippen LogP contribution >= 0.6 is 0 Å². The highest BCUT2D eigenvalue weighted by Gasteiger charge is 2.47. The van der Waals surface area contributed by atoms with Crippen LogP contribution in [-0.4, -0.2) is 54.2 Å². The summed E-state index contributed by atoms with van der Waals surface area (Å²) in [6.07, 6.45) is 2.26. The summed E-state index contributed by atoms with van der Waals surface area (Å²) in [5.74, 6) is 0.162. The molecule has 8 heteroatoms. The first-order valence-corrected chi connectivity index (χ1v) is 14.0. The van der Waals surface area contributed by atoms with E-state index in [-0.39, 0.29) is 30.1 Å². The molecule has 3 aromatic carbocycles. The van der Waals surface area contributed by atoms with Gasteiger partial charge in [0, 0.05) is 25.1 Å². The highest BCUT2D eigenvalue weighted by atomic mass is 16.5. The molecule has 1 amide bonds. The standard InChI is InChI=1S/C33H33NO7/c1-20-15-24-16-23(11-12-26(24)41-20)31(35)29-30(34(33(37)32(29)36)18-25-9-6-14-39-25)22-10-13-27(28(17-22)38-2)40-19-21-7-4-3-5-8-21/h3-5,7-8,10-13,16-17,20,25,30,35H,6,9,14-15,18-19H2,1-2H3/t20-,25+,30+/m1/s1. The van der Waals surface area contributed by atoms with Gasteiger partial charge in [-0.15, -0.1) is 0 Å². The number of carbonyl (C=O) groups excluding carboxylic acids is 2. The fraction of sp³-hybridized carbons (Fsp3) is 0.333. The number of benzene rings is 3. The molecule has 8 nitrogen and oxygen atoms in total. The molecule has 0 spiro atoms. The van der Waals surface area contributed by atoms with Crippen molar-refractivity contribution in [2.24, 2.45) is 0 Å². The fourth-order valence-corrected chi connectivity index (χ4v) is 5.86. The minimum Gasteiger partial charge on any atom is -0.507 e. The molecule has 212 valence electrons. The van der Waals surface area contributed by atoms with Crippen molar-refractivity contribution in [1.29, 1.82) is 0 Å². The van der Waals surface area contributed by atoms with Gasteiger partial charge in [-0.2, -0.15) is 0 Å². The number of methoxy groups -OCH3 is 1. The minimum atomic E-state index is -0.820. The molecular weight excluding hydrogens is 522 g/mol. The number of ketones is 1. The van der Waals surface area contributed by atoms with Gasteiger partial charge in [-0.3, -0.25) is 9.59 Å². The van der Waals surface area contributed by atoms with E-state index in [4.69, 9.17) is 18.9 Å². The summed E-state index contributed by atoms with van der Waals surface area (Å²) < 4.78 is 23.3. The number of nitrogens with zero attached hydrogens (tertiary/aromatic N) is 1. The molecule has 0 radical (unpaired) electrons. The quantitative estimate of drug-likeness (QED) is 0.232. The normalized spacial score (nSPS) is 23.0. The van der Waals surface area contributed by atoms with Gasteiger partial charge in [-0.1, -0.05) is 36.4 Å². The van der Waals surface area contributed by atoms with E-state index in [9.17, 15) is 14.7 Å². The number of hydrogen-bond acceptors (Lipinski definition) is 7. The first-order valence-electron chi connectivity index (χ1n) is 14.0. The first kappa shape index (κ1) is 26.9. The Hall–Kier alpha value is -4.30. The molecule has 1 N–H and O–H groups in total. The number of fused-ring (bicyclic) bond motifs is 1. The Bertz CT molecular complexity index is 1490. The van der Waals surface area contributed by atoms with Crippen LogP contribution in [0.2, 0.25) is 0 Å². The van der Waals surface area contributed by atoms with Crippen molar-refractivity contribution in [1.82, 2.24) is 4.90 Å². The molecule has 0 aromatic heterocycles. The van der Waals surface area contributed by atoms with Gasteiger partial charge < -0.3 is 29.0 Å². The molecule has 0 bridgehead atoms. The van der Waals surface area contributed by atoms with E-state index in [1.165, 1.54) is 4.90 Å². The van der Waals surface area contributed by atoms with Gasteiger partial charge >= 0.3 is 0 Å². The van der Waals surface area contributed by atoms with E-state index in [2.05, 4.69) is 0 Å². The Labute approximate surface area is 239 Å². The number of hydrogen-bond donors (Lipinski definition) is 1. The lowest BCUT2D eigenvalue weighted by Crippen LogP contribution is -2.36. The van der Waals surface area contributed by atoms with E-state index < -0.39 is 17.7 Å². The van der Waals surface area contributed by atoms with Crippen molar-refractivity contribution in [3.8, 4) is 17.2 Å². The summed E-state index contributed by atoms with van der Waals surface area (Å²) >= 11 is 0. The fourth-order valence-electron chi connectivity index (χ4n) is 5.86. The van der Waals surface area contributed by atoms with Crippen LogP contribution in [0.3, 0.4) is 0 Å². The molecule has 3 atom stereocenters. The average Bonchev–Trinajstić information content (AvgIpc) is 3.70. The lowest BCUT2D eigenvalue weighted by molar-refractivity contribution is -0.140. The first-order chi connectivity index (χ1) is 19.9. The van der Waals surface area contributed by atoms with Crippen molar-refractivity contribution in [3.63, 3.8) is 0 Å². The summed E-state index contributed by atoms with van der Waals surface area (Å²) in [4.78, 5) is 28.5. The predicted octanol–water partition coefficient (Wildman–Crippen LogP) is 5.20. The van der Waals surface area contributed by atoms with Gasteiger partial charge in [0.1, 0.15) is 24.2 Å². The number of carbonyl (C=O) groups is 2. The zero-order chi connectivity index (χ0) is 28.5. The van der Waals surface area contributed by atoms with Crippen LogP contribution in [0.15, 0.2) is 72.3 Å². The molecule has 0 aliphatic carbocycles. The van der Waals surface area contributed by atoms with E-state index >= 15 is 0 Å². The SMILES string of the molecule is COc1cc([C@H]2C(=C(O)c3ccc4c(c3)C[C@@H](C)O4)C(=O)C(=O)N2C[C@@H]2CCCO2)ccc1OCc1ccccc1. The highest BCUT2D eigenvalue weighted by Crippen LogP contribution is 2.43. The Morgan fingerprint density at radius 2 is 1.88 bits per heavy atom. The van der Waals surface area contributed by atoms with Crippen molar-refractivity contribution < 1.29 is 33.6 Å². The number of aliphatic hydroxyl groups excluding tert-OH is 1. The molecule has 6 rings (SSSR count). The third-order valence-electron chi connectivity index (χ3n) is 7.87. The van der Waals surface area contributed by atoms with Gasteiger partial charge in [0.15, 0.2) is 11.5 Å². The van der Waals surface area contributed by atoms with Crippen LogP contribution < -0.4 is 14.2 Å². The van der Waals surface area contributed by atoms with Crippen molar-refractivity contribution in [2.75, 3.05) is 20.3 Å². The monoisotopic (exact) mass is 555 g/mol. The second-order valence-corrected chi connectivity index (χ2v) is 10.7. The molecule has 2 fully saturated rings. The zero-order valence-corrected chi connectivity index (χ0v) is 23.2. The Morgan fingerprint density at radius 3 is 2.63 bits per heavy atom. The molecule has 3 aromatic rings. The summed E-state index contributed by atoms with van der Waals surface area (Å²) in [5, 5.41) is 11.6. The van der Waals surface area contributed by atoms with Crippen LogP contribution in [0.4, 0.5) is 0 Å². The molecule has 2 saturated heterocycles. The van der Waals surface area contributed by atoms with Crippen LogP contribution in [-0.2, 0) is 27.4 Å². The Morgan fingerprint density at radius 1 is 1.05 bits per heavy atom. The number of amides is 1. The lowest BCUT2D eigenvalue weighted by atomic mass is 9.94. The number of ether oxygens (including phenoxy) is 4. The summed E-state index contributed by atoms with van der Waals surface area (Å²) in [7, 11) is 1.55. The van der Waals surface area contributed by atoms with Crippen LogP contribution in [0, 0.1) is 0 Å². The second-order valence-electron chi connectivity index (χ2n) is 10.7. The molecule has 3 aliphatic rings.